The normalized spacial score (nSPS) is 10.9. The van der Waals surface area contributed by atoms with E-state index in [-0.39, 0.29) is 29.8 Å². The van der Waals surface area contributed by atoms with Crippen molar-refractivity contribution in [3.63, 3.8) is 0 Å². The summed E-state index contributed by atoms with van der Waals surface area (Å²) in [5.74, 6) is 0.980. The first-order valence-electron chi connectivity index (χ1n) is 7.61. The lowest BCUT2D eigenvalue weighted by Crippen LogP contribution is -2.28. The average molecular weight is 399 g/mol. The molecule has 0 aliphatic carbocycles. The third-order valence-electron chi connectivity index (χ3n) is 3.22. The zero-order chi connectivity index (χ0) is 19.2. The van der Waals surface area contributed by atoms with Gasteiger partial charge in [0.15, 0.2) is 0 Å². The van der Waals surface area contributed by atoms with Gasteiger partial charge in [0.2, 0.25) is 10.0 Å². The van der Waals surface area contributed by atoms with Gasteiger partial charge in [-0.25, -0.2) is 8.42 Å². The van der Waals surface area contributed by atoms with Gasteiger partial charge in [0, 0.05) is 11.6 Å². The summed E-state index contributed by atoms with van der Waals surface area (Å²) in [6.45, 7) is 0.567. The Balaban J connectivity index is 1.86. The second-order valence-electron chi connectivity index (χ2n) is 5.35. The van der Waals surface area contributed by atoms with Gasteiger partial charge in [-0.3, -0.25) is 9.52 Å². The van der Waals surface area contributed by atoms with Crippen LogP contribution in [0.2, 0.25) is 5.02 Å². The van der Waals surface area contributed by atoms with E-state index >= 15 is 0 Å². The minimum atomic E-state index is -3.44. The topological polar surface area (TPSA) is 93.7 Å². The van der Waals surface area contributed by atoms with E-state index in [1.165, 1.54) is 18.2 Å². The molecule has 2 aromatic carbocycles. The number of rotatable bonds is 8. The van der Waals surface area contributed by atoms with E-state index < -0.39 is 10.0 Å². The molecule has 0 saturated heterocycles. The van der Waals surface area contributed by atoms with Crippen molar-refractivity contribution in [3.05, 3.63) is 53.1 Å². The zero-order valence-corrected chi connectivity index (χ0v) is 15.9. The predicted octanol–water partition coefficient (Wildman–Crippen LogP) is 2.53. The molecule has 0 heterocycles. The first-order valence-corrected chi connectivity index (χ1v) is 9.88. The number of hydrogen-bond acceptors (Lipinski definition) is 5. The standard InChI is InChI=1S/C17H19ClN2O5S/c1-24-13-4-3-5-14(11-13)25-9-8-19-17(21)12-6-7-16(15(18)10-12)20-26(2,22)23/h3-7,10-11,20H,8-9H2,1-2H3,(H,19,21). The Kier molecular flexibility index (Phi) is 6.70. The third-order valence-corrected chi connectivity index (χ3v) is 4.13. The number of amides is 1. The first-order chi connectivity index (χ1) is 12.3. The fourth-order valence-corrected chi connectivity index (χ4v) is 2.93. The number of carbonyl (C=O) groups excluding carboxylic acids is 1. The lowest BCUT2D eigenvalue weighted by molar-refractivity contribution is 0.0947. The van der Waals surface area contributed by atoms with E-state index in [1.54, 1.807) is 31.4 Å². The fraction of sp³-hybridized carbons (Fsp3) is 0.235. The van der Waals surface area contributed by atoms with Crippen molar-refractivity contribution < 1.29 is 22.7 Å². The molecule has 0 atom stereocenters. The number of sulfonamides is 1. The number of hydrogen-bond donors (Lipinski definition) is 2. The maximum Gasteiger partial charge on any atom is 0.251 e. The summed E-state index contributed by atoms with van der Waals surface area (Å²) < 4.78 is 35.4. The molecule has 2 aromatic rings. The van der Waals surface area contributed by atoms with Gasteiger partial charge in [0.1, 0.15) is 18.1 Å². The van der Waals surface area contributed by atoms with Crippen LogP contribution >= 0.6 is 11.6 Å². The van der Waals surface area contributed by atoms with Gasteiger partial charge >= 0.3 is 0 Å². The monoisotopic (exact) mass is 398 g/mol. The highest BCUT2D eigenvalue weighted by molar-refractivity contribution is 7.92. The molecule has 0 saturated carbocycles. The molecular weight excluding hydrogens is 380 g/mol. The molecule has 0 aromatic heterocycles. The third kappa shape index (κ3) is 6.12. The van der Waals surface area contributed by atoms with Crippen LogP contribution in [0, 0.1) is 0 Å². The molecule has 0 fully saturated rings. The van der Waals surface area contributed by atoms with Crippen molar-refractivity contribution in [1.82, 2.24) is 5.32 Å². The number of ether oxygens (including phenoxy) is 2. The Bertz CT molecular complexity index is 886. The predicted molar refractivity (Wildman–Crippen MR) is 101 cm³/mol. The number of benzene rings is 2. The molecule has 26 heavy (non-hydrogen) atoms. The smallest absolute Gasteiger partial charge is 0.251 e. The zero-order valence-electron chi connectivity index (χ0n) is 14.3. The van der Waals surface area contributed by atoms with Crippen molar-refractivity contribution in [2.75, 3.05) is 31.2 Å². The van der Waals surface area contributed by atoms with E-state index in [9.17, 15) is 13.2 Å². The number of carbonyl (C=O) groups is 1. The number of nitrogens with one attached hydrogen (secondary N) is 2. The van der Waals surface area contributed by atoms with E-state index in [0.29, 0.717) is 17.1 Å². The number of halogens is 1. The highest BCUT2D eigenvalue weighted by atomic mass is 35.5. The van der Waals surface area contributed by atoms with Crippen LogP contribution in [0.3, 0.4) is 0 Å². The summed E-state index contributed by atoms with van der Waals surface area (Å²) in [7, 11) is -1.87. The molecule has 0 bridgehead atoms. The Morgan fingerprint density at radius 3 is 2.54 bits per heavy atom. The van der Waals surface area contributed by atoms with Crippen LogP contribution in [0.1, 0.15) is 10.4 Å². The van der Waals surface area contributed by atoms with Crippen LogP contribution in [-0.4, -0.2) is 40.8 Å². The van der Waals surface area contributed by atoms with E-state index in [2.05, 4.69) is 10.0 Å². The van der Waals surface area contributed by atoms with E-state index in [1.807, 2.05) is 0 Å². The molecule has 7 nitrogen and oxygen atoms in total. The van der Waals surface area contributed by atoms with Crippen LogP contribution < -0.4 is 19.5 Å². The lowest BCUT2D eigenvalue weighted by Gasteiger charge is -2.10. The summed E-state index contributed by atoms with van der Waals surface area (Å²) in [4.78, 5) is 12.1. The molecule has 9 heteroatoms. The van der Waals surface area contributed by atoms with Gasteiger partial charge < -0.3 is 14.8 Å². The van der Waals surface area contributed by atoms with Crippen LogP contribution in [0.25, 0.3) is 0 Å². The van der Waals surface area contributed by atoms with Crippen molar-refractivity contribution in [2.45, 2.75) is 0 Å². The number of anilines is 1. The molecule has 2 rings (SSSR count). The van der Waals surface area contributed by atoms with Gasteiger partial charge in [-0.15, -0.1) is 0 Å². The van der Waals surface area contributed by atoms with Crippen LogP contribution in [0.4, 0.5) is 5.69 Å². The van der Waals surface area contributed by atoms with Crippen molar-refractivity contribution >= 4 is 33.2 Å². The largest absolute Gasteiger partial charge is 0.497 e. The van der Waals surface area contributed by atoms with E-state index in [0.717, 1.165) is 6.26 Å². The molecule has 0 unspecified atom stereocenters. The van der Waals surface area contributed by atoms with Gasteiger partial charge in [-0.1, -0.05) is 17.7 Å². The molecule has 0 spiro atoms. The average Bonchev–Trinajstić information content (AvgIpc) is 2.59. The van der Waals surface area contributed by atoms with Gasteiger partial charge in [0.05, 0.1) is 30.6 Å². The Morgan fingerprint density at radius 2 is 1.88 bits per heavy atom. The van der Waals surface area contributed by atoms with Crippen molar-refractivity contribution in [1.29, 1.82) is 0 Å². The maximum absolute atomic E-state index is 12.1. The Morgan fingerprint density at radius 1 is 1.15 bits per heavy atom. The second-order valence-corrected chi connectivity index (χ2v) is 7.51. The molecule has 2 N–H and O–H groups in total. The van der Waals surface area contributed by atoms with Crippen LogP contribution in [0.15, 0.2) is 42.5 Å². The first kappa shape index (κ1) is 19.9. The quantitative estimate of drug-likeness (QED) is 0.666. The summed E-state index contributed by atoms with van der Waals surface area (Å²) in [5.41, 5.74) is 0.530. The SMILES string of the molecule is COc1cccc(OCCNC(=O)c2ccc(NS(C)(=O)=O)c(Cl)c2)c1. The summed E-state index contributed by atoms with van der Waals surface area (Å²) in [5, 5.41) is 2.84. The van der Waals surface area contributed by atoms with Gasteiger partial charge in [0.25, 0.3) is 5.91 Å². The Hall–Kier alpha value is -2.45. The molecule has 0 radical (unpaired) electrons. The summed E-state index contributed by atoms with van der Waals surface area (Å²) in [6.07, 6.45) is 1.02. The summed E-state index contributed by atoms with van der Waals surface area (Å²) in [6, 6.07) is 11.5. The van der Waals surface area contributed by atoms with Gasteiger partial charge in [-0.2, -0.15) is 0 Å². The van der Waals surface area contributed by atoms with Gasteiger partial charge in [-0.05, 0) is 30.3 Å². The minimum Gasteiger partial charge on any atom is -0.497 e. The summed E-state index contributed by atoms with van der Waals surface area (Å²) >= 11 is 6.01. The van der Waals surface area contributed by atoms with Crippen molar-refractivity contribution in [3.8, 4) is 11.5 Å². The molecular formula is C17H19ClN2O5S. The molecule has 0 aliphatic rings. The fourth-order valence-electron chi connectivity index (χ4n) is 2.07. The van der Waals surface area contributed by atoms with Crippen LogP contribution in [0.5, 0.6) is 11.5 Å². The Labute approximate surface area is 157 Å². The van der Waals surface area contributed by atoms with Crippen LogP contribution in [-0.2, 0) is 10.0 Å². The molecule has 140 valence electrons. The molecule has 0 aliphatic heterocycles. The highest BCUT2D eigenvalue weighted by Crippen LogP contribution is 2.24. The molecule has 1 amide bonds. The van der Waals surface area contributed by atoms with Crippen molar-refractivity contribution in [2.24, 2.45) is 0 Å². The highest BCUT2D eigenvalue weighted by Gasteiger charge is 2.11. The second kappa shape index (κ2) is 8.77. The minimum absolute atomic E-state index is 0.135. The lowest BCUT2D eigenvalue weighted by atomic mass is 10.2. The maximum atomic E-state index is 12.1. The van der Waals surface area contributed by atoms with E-state index in [4.69, 9.17) is 21.1 Å². The number of methoxy groups -OCH3 is 1.